The lowest BCUT2D eigenvalue weighted by Gasteiger charge is -2.18. The second kappa shape index (κ2) is 8.31. The Morgan fingerprint density at radius 2 is 2.04 bits per heavy atom. The Morgan fingerprint density at radius 3 is 2.77 bits per heavy atom. The molecular formula is C18H21ClFN5O. The van der Waals surface area contributed by atoms with E-state index < -0.39 is 11.7 Å². The van der Waals surface area contributed by atoms with Crippen molar-refractivity contribution in [2.24, 2.45) is 0 Å². The van der Waals surface area contributed by atoms with E-state index in [2.05, 4.69) is 25.5 Å². The molecule has 1 amide bonds. The molecule has 1 aromatic carbocycles. The minimum atomic E-state index is -0.635. The van der Waals surface area contributed by atoms with Crippen LogP contribution in [0.3, 0.4) is 0 Å². The van der Waals surface area contributed by atoms with Gasteiger partial charge in [0.25, 0.3) is 5.91 Å². The summed E-state index contributed by atoms with van der Waals surface area (Å²) in [5.74, 6) is 1.15. The lowest BCUT2D eigenvalue weighted by Crippen LogP contribution is -2.30. The summed E-state index contributed by atoms with van der Waals surface area (Å²) in [7, 11) is 0. The Labute approximate surface area is 156 Å². The minimum absolute atomic E-state index is 0.0946. The first-order chi connectivity index (χ1) is 12.5. The van der Waals surface area contributed by atoms with E-state index in [9.17, 15) is 9.18 Å². The van der Waals surface area contributed by atoms with Crippen molar-refractivity contribution in [2.45, 2.75) is 19.8 Å². The third-order valence-electron chi connectivity index (χ3n) is 4.16. The van der Waals surface area contributed by atoms with E-state index in [0.717, 1.165) is 18.9 Å². The SMILES string of the molecule is Cc1nc(NCCNC(=O)c2c(F)cccc2Cl)cc(N2CCCC2)n1. The molecule has 138 valence electrons. The highest BCUT2D eigenvalue weighted by Gasteiger charge is 2.16. The predicted molar refractivity (Wildman–Crippen MR) is 100 cm³/mol. The van der Waals surface area contributed by atoms with Gasteiger partial charge in [-0.2, -0.15) is 0 Å². The number of anilines is 2. The van der Waals surface area contributed by atoms with Gasteiger partial charge in [-0.3, -0.25) is 4.79 Å². The number of aryl methyl sites for hydroxylation is 1. The number of halogens is 2. The van der Waals surface area contributed by atoms with Crippen molar-refractivity contribution in [1.29, 1.82) is 0 Å². The number of nitrogens with one attached hydrogen (secondary N) is 2. The largest absolute Gasteiger partial charge is 0.368 e. The Kier molecular flexibility index (Phi) is 5.88. The second-order valence-corrected chi connectivity index (χ2v) is 6.54. The fraction of sp³-hybridized carbons (Fsp3) is 0.389. The summed E-state index contributed by atoms with van der Waals surface area (Å²) in [5, 5.41) is 5.92. The molecule has 1 aliphatic heterocycles. The predicted octanol–water partition coefficient (Wildman–Crippen LogP) is 3.02. The number of nitrogens with zero attached hydrogens (tertiary/aromatic N) is 3. The van der Waals surface area contributed by atoms with Crippen molar-refractivity contribution in [3.8, 4) is 0 Å². The molecule has 26 heavy (non-hydrogen) atoms. The Balaban J connectivity index is 1.54. The molecule has 1 fully saturated rings. The average molecular weight is 378 g/mol. The zero-order valence-electron chi connectivity index (χ0n) is 14.6. The molecule has 0 radical (unpaired) electrons. The lowest BCUT2D eigenvalue weighted by atomic mass is 10.2. The highest BCUT2D eigenvalue weighted by molar-refractivity contribution is 6.33. The lowest BCUT2D eigenvalue weighted by molar-refractivity contribution is 0.0951. The van der Waals surface area contributed by atoms with Gasteiger partial charge in [0, 0.05) is 32.2 Å². The van der Waals surface area contributed by atoms with E-state index in [4.69, 9.17) is 11.6 Å². The Hall–Kier alpha value is -2.41. The Bertz CT molecular complexity index is 775. The molecule has 1 aliphatic rings. The molecule has 1 saturated heterocycles. The van der Waals surface area contributed by atoms with Gasteiger partial charge >= 0.3 is 0 Å². The zero-order chi connectivity index (χ0) is 18.5. The standard InChI is InChI=1S/C18H21ClFN5O/c1-12-23-15(11-16(24-12)25-9-2-3-10-25)21-7-8-22-18(26)17-13(19)5-4-6-14(17)20/h4-6,11H,2-3,7-10H2,1H3,(H,22,26)(H,21,23,24). The van der Waals surface area contributed by atoms with Gasteiger partial charge in [-0.05, 0) is 31.9 Å². The fourth-order valence-electron chi connectivity index (χ4n) is 2.92. The maximum absolute atomic E-state index is 13.7. The van der Waals surface area contributed by atoms with E-state index in [1.54, 1.807) is 0 Å². The van der Waals surface area contributed by atoms with Crippen molar-refractivity contribution in [3.05, 3.63) is 46.5 Å². The summed E-state index contributed by atoms with van der Waals surface area (Å²) >= 11 is 5.89. The number of carbonyl (C=O) groups is 1. The third-order valence-corrected chi connectivity index (χ3v) is 4.48. The number of benzene rings is 1. The van der Waals surface area contributed by atoms with Crippen LogP contribution in [-0.2, 0) is 0 Å². The summed E-state index contributed by atoms with van der Waals surface area (Å²) in [6.07, 6.45) is 2.35. The van der Waals surface area contributed by atoms with Gasteiger partial charge in [-0.25, -0.2) is 14.4 Å². The van der Waals surface area contributed by atoms with Crippen molar-refractivity contribution >= 4 is 29.1 Å². The number of aromatic nitrogens is 2. The third kappa shape index (κ3) is 4.40. The van der Waals surface area contributed by atoms with Gasteiger partial charge in [-0.15, -0.1) is 0 Å². The van der Waals surface area contributed by atoms with E-state index in [1.807, 2.05) is 13.0 Å². The molecule has 3 rings (SSSR count). The molecule has 0 aliphatic carbocycles. The monoisotopic (exact) mass is 377 g/mol. The quantitative estimate of drug-likeness (QED) is 0.757. The number of carbonyl (C=O) groups excluding carboxylic acids is 1. The highest BCUT2D eigenvalue weighted by atomic mass is 35.5. The normalized spacial score (nSPS) is 13.7. The maximum Gasteiger partial charge on any atom is 0.255 e. The first kappa shape index (κ1) is 18.4. The van der Waals surface area contributed by atoms with Crippen LogP contribution in [0, 0.1) is 12.7 Å². The molecule has 0 saturated carbocycles. The van der Waals surface area contributed by atoms with E-state index in [0.29, 0.717) is 24.7 Å². The van der Waals surface area contributed by atoms with E-state index >= 15 is 0 Å². The van der Waals surface area contributed by atoms with Crippen LogP contribution in [0.15, 0.2) is 24.3 Å². The van der Waals surface area contributed by atoms with Crippen LogP contribution in [0.2, 0.25) is 5.02 Å². The van der Waals surface area contributed by atoms with Crippen molar-refractivity contribution in [3.63, 3.8) is 0 Å². The molecule has 1 aromatic heterocycles. The Morgan fingerprint density at radius 1 is 1.27 bits per heavy atom. The first-order valence-electron chi connectivity index (χ1n) is 8.61. The average Bonchev–Trinajstić information content (AvgIpc) is 3.13. The van der Waals surface area contributed by atoms with E-state index in [1.165, 1.54) is 31.0 Å². The van der Waals surface area contributed by atoms with Gasteiger partial charge in [0.15, 0.2) is 0 Å². The summed E-state index contributed by atoms with van der Waals surface area (Å²) < 4.78 is 13.7. The number of rotatable bonds is 6. The molecule has 0 unspecified atom stereocenters. The molecule has 0 bridgehead atoms. The van der Waals surface area contributed by atoms with Crippen LogP contribution >= 0.6 is 11.6 Å². The van der Waals surface area contributed by atoms with Gasteiger partial charge in [0.2, 0.25) is 0 Å². The number of amides is 1. The molecule has 2 heterocycles. The van der Waals surface area contributed by atoms with Crippen LogP contribution in [-0.4, -0.2) is 42.1 Å². The molecular weight excluding hydrogens is 357 g/mol. The summed E-state index contributed by atoms with van der Waals surface area (Å²) in [4.78, 5) is 23.2. The molecule has 0 atom stereocenters. The summed E-state index contributed by atoms with van der Waals surface area (Å²) in [5.41, 5.74) is -0.136. The molecule has 6 nitrogen and oxygen atoms in total. The number of hydrogen-bond donors (Lipinski definition) is 2. The molecule has 2 aromatic rings. The van der Waals surface area contributed by atoms with Crippen LogP contribution in [0.4, 0.5) is 16.0 Å². The molecule has 8 heteroatoms. The van der Waals surface area contributed by atoms with Crippen molar-refractivity contribution in [2.75, 3.05) is 36.4 Å². The molecule has 2 N–H and O–H groups in total. The molecule has 0 spiro atoms. The second-order valence-electron chi connectivity index (χ2n) is 6.13. The van der Waals surface area contributed by atoms with Gasteiger partial charge < -0.3 is 15.5 Å². The summed E-state index contributed by atoms with van der Waals surface area (Å²) in [6.45, 7) is 4.64. The number of hydrogen-bond acceptors (Lipinski definition) is 5. The van der Waals surface area contributed by atoms with Gasteiger partial charge in [0.05, 0.1) is 10.6 Å². The topological polar surface area (TPSA) is 70.2 Å². The zero-order valence-corrected chi connectivity index (χ0v) is 15.3. The maximum atomic E-state index is 13.7. The van der Waals surface area contributed by atoms with Crippen LogP contribution in [0.25, 0.3) is 0 Å². The fourth-order valence-corrected chi connectivity index (χ4v) is 3.17. The van der Waals surface area contributed by atoms with Crippen LogP contribution in [0.1, 0.15) is 29.0 Å². The van der Waals surface area contributed by atoms with Crippen molar-refractivity contribution in [1.82, 2.24) is 15.3 Å². The first-order valence-corrected chi connectivity index (χ1v) is 8.99. The highest BCUT2D eigenvalue weighted by Crippen LogP contribution is 2.20. The summed E-state index contributed by atoms with van der Waals surface area (Å²) in [6, 6.07) is 6.07. The van der Waals surface area contributed by atoms with E-state index in [-0.39, 0.29) is 10.6 Å². The van der Waals surface area contributed by atoms with Gasteiger partial charge in [0.1, 0.15) is 23.3 Å². The van der Waals surface area contributed by atoms with Gasteiger partial charge in [-0.1, -0.05) is 17.7 Å². The van der Waals surface area contributed by atoms with Crippen LogP contribution in [0.5, 0.6) is 0 Å². The smallest absolute Gasteiger partial charge is 0.255 e. The van der Waals surface area contributed by atoms with Crippen LogP contribution < -0.4 is 15.5 Å². The van der Waals surface area contributed by atoms with Crippen molar-refractivity contribution < 1.29 is 9.18 Å². The minimum Gasteiger partial charge on any atom is -0.368 e.